The maximum Gasteiger partial charge on any atom is 0.204 e. The summed E-state index contributed by atoms with van der Waals surface area (Å²) in [4.78, 5) is 7.07. The normalized spacial score (nSPS) is 15.7. The smallest absolute Gasteiger partial charge is 0.204 e. The van der Waals surface area contributed by atoms with Gasteiger partial charge in [0, 0.05) is 18.8 Å². The molecule has 2 aromatic carbocycles. The molecule has 2 aliphatic heterocycles. The highest BCUT2D eigenvalue weighted by Crippen LogP contribution is 2.32. The van der Waals surface area contributed by atoms with Gasteiger partial charge in [-0.2, -0.15) is 0 Å². The predicted molar refractivity (Wildman–Crippen MR) is 82.3 cm³/mol. The molecule has 2 aliphatic rings. The van der Waals surface area contributed by atoms with Crippen LogP contribution in [0, 0.1) is 13.8 Å². The molecule has 100 valence electrons. The second kappa shape index (κ2) is 4.10. The van der Waals surface area contributed by atoms with Crippen LogP contribution in [0.1, 0.15) is 22.3 Å². The van der Waals surface area contributed by atoms with Crippen LogP contribution in [0.4, 0.5) is 11.4 Å². The van der Waals surface area contributed by atoms with Crippen molar-refractivity contribution >= 4 is 17.3 Å². The Kier molecular flexibility index (Phi) is 2.36. The van der Waals surface area contributed by atoms with E-state index in [9.17, 15) is 0 Å². The van der Waals surface area contributed by atoms with E-state index in [2.05, 4.69) is 60.5 Å². The molecule has 0 atom stereocenters. The average molecular weight is 263 g/mol. The fourth-order valence-corrected chi connectivity index (χ4v) is 2.95. The molecule has 20 heavy (non-hydrogen) atoms. The summed E-state index contributed by atoms with van der Waals surface area (Å²) in [7, 11) is 0. The van der Waals surface area contributed by atoms with E-state index < -0.39 is 0 Å². The third-order valence-corrected chi connectivity index (χ3v) is 3.99. The highest BCUT2D eigenvalue weighted by Gasteiger charge is 2.25. The number of rotatable bonds is 0. The molecule has 0 spiro atoms. The van der Waals surface area contributed by atoms with Crippen molar-refractivity contribution in [2.24, 2.45) is 4.99 Å². The van der Waals surface area contributed by atoms with Crippen molar-refractivity contribution in [2.75, 3.05) is 5.32 Å². The summed E-state index contributed by atoms with van der Waals surface area (Å²) < 4.78 is 0. The number of guanidine groups is 1. The lowest BCUT2D eigenvalue weighted by Gasteiger charge is -2.35. The topological polar surface area (TPSA) is 27.6 Å². The van der Waals surface area contributed by atoms with Gasteiger partial charge >= 0.3 is 0 Å². The number of aliphatic imine (C=N–C) groups is 1. The summed E-state index contributed by atoms with van der Waals surface area (Å²) in [6, 6.07) is 13.0. The highest BCUT2D eigenvalue weighted by molar-refractivity contribution is 5.98. The van der Waals surface area contributed by atoms with Crippen LogP contribution in [0.3, 0.4) is 0 Å². The minimum Gasteiger partial charge on any atom is -0.334 e. The second-order valence-electron chi connectivity index (χ2n) is 5.71. The third kappa shape index (κ3) is 1.78. The van der Waals surface area contributed by atoms with Crippen molar-refractivity contribution in [2.45, 2.75) is 26.9 Å². The molecule has 0 bridgehead atoms. The van der Waals surface area contributed by atoms with Crippen molar-refractivity contribution in [1.82, 2.24) is 4.90 Å². The Balaban J connectivity index is 1.77. The van der Waals surface area contributed by atoms with E-state index >= 15 is 0 Å². The Labute approximate surface area is 119 Å². The van der Waals surface area contributed by atoms with Gasteiger partial charge < -0.3 is 10.2 Å². The minimum absolute atomic E-state index is 0.927. The second-order valence-corrected chi connectivity index (χ2v) is 5.71. The fourth-order valence-electron chi connectivity index (χ4n) is 2.95. The van der Waals surface area contributed by atoms with Crippen LogP contribution < -0.4 is 5.32 Å². The fraction of sp³-hybridized carbons (Fsp3) is 0.235. The number of fused-ring (bicyclic) bond motifs is 3. The van der Waals surface area contributed by atoms with Crippen LogP contribution in [0.2, 0.25) is 0 Å². The van der Waals surface area contributed by atoms with Crippen LogP contribution in [-0.4, -0.2) is 10.9 Å². The molecular weight excluding hydrogens is 246 g/mol. The van der Waals surface area contributed by atoms with E-state index in [0.29, 0.717) is 0 Å². The number of anilines is 1. The van der Waals surface area contributed by atoms with Gasteiger partial charge in [-0.05, 0) is 37.1 Å². The van der Waals surface area contributed by atoms with Crippen molar-refractivity contribution in [3.05, 3.63) is 58.7 Å². The number of aryl methyl sites for hydroxylation is 2. The molecule has 0 unspecified atom stereocenters. The first kappa shape index (κ1) is 11.5. The van der Waals surface area contributed by atoms with Crippen molar-refractivity contribution in [1.29, 1.82) is 0 Å². The first-order valence-electron chi connectivity index (χ1n) is 6.99. The zero-order valence-electron chi connectivity index (χ0n) is 11.8. The van der Waals surface area contributed by atoms with Crippen molar-refractivity contribution in [3.8, 4) is 0 Å². The van der Waals surface area contributed by atoms with Gasteiger partial charge in [-0.1, -0.05) is 35.4 Å². The van der Waals surface area contributed by atoms with Gasteiger partial charge in [-0.25, -0.2) is 4.99 Å². The summed E-state index contributed by atoms with van der Waals surface area (Å²) in [5.41, 5.74) is 7.53. The Hall–Kier alpha value is -2.29. The molecule has 0 aromatic heterocycles. The summed E-state index contributed by atoms with van der Waals surface area (Å²) in [5.74, 6) is 0.970. The van der Waals surface area contributed by atoms with Gasteiger partial charge in [0.15, 0.2) is 0 Å². The number of hydrogen-bond donors (Lipinski definition) is 1. The van der Waals surface area contributed by atoms with Crippen LogP contribution >= 0.6 is 0 Å². The first-order valence-corrected chi connectivity index (χ1v) is 6.99. The summed E-state index contributed by atoms with van der Waals surface area (Å²) >= 11 is 0. The van der Waals surface area contributed by atoms with Gasteiger partial charge in [-0.3, -0.25) is 0 Å². The van der Waals surface area contributed by atoms with Gasteiger partial charge in [-0.15, -0.1) is 0 Å². The average Bonchev–Trinajstić information content (AvgIpc) is 2.43. The number of hydrogen-bond acceptors (Lipinski definition) is 3. The number of nitrogens with zero attached hydrogens (tertiary/aromatic N) is 2. The van der Waals surface area contributed by atoms with E-state index in [1.165, 1.54) is 27.9 Å². The molecule has 1 N–H and O–H groups in total. The zero-order chi connectivity index (χ0) is 13.7. The van der Waals surface area contributed by atoms with E-state index in [0.717, 1.165) is 24.7 Å². The standard InChI is InChI=1S/C17H17N3/c1-11-3-5-15-13(7-11)9-20-10-14-8-12(2)4-6-16(14)19-17(20)18-15/h3-8H,9-10H2,1-2H3,(H,18,19). The Morgan fingerprint density at radius 3 is 2.50 bits per heavy atom. The van der Waals surface area contributed by atoms with Crippen LogP contribution in [0.25, 0.3) is 0 Å². The lowest BCUT2D eigenvalue weighted by molar-refractivity contribution is 0.394. The SMILES string of the molecule is Cc1ccc2c(c1)CN1Cc3cc(C)ccc3NC1=N2. The lowest BCUT2D eigenvalue weighted by atomic mass is 10.0. The molecule has 4 rings (SSSR count). The number of nitrogens with one attached hydrogen (secondary N) is 1. The number of benzene rings is 2. The molecule has 2 aromatic rings. The van der Waals surface area contributed by atoms with Crippen LogP contribution in [0.5, 0.6) is 0 Å². The van der Waals surface area contributed by atoms with Crippen LogP contribution in [-0.2, 0) is 13.1 Å². The molecule has 0 saturated heterocycles. The first-order chi connectivity index (χ1) is 9.69. The molecule has 0 aliphatic carbocycles. The van der Waals surface area contributed by atoms with E-state index in [4.69, 9.17) is 4.99 Å². The summed E-state index contributed by atoms with van der Waals surface area (Å²) in [6.45, 7) is 6.12. The van der Waals surface area contributed by atoms with Crippen molar-refractivity contribution in [3.63, 3.8) is 0 Å². The molecule has 0 saturated carbocycles. The summed E-state index contributed by atoms with van der Waals surface area (Å²) in [6.07, 6.45) is 0. The molecule has 2 heterocycles. The molecule has 0 fully saturated rings. The Bertz CT molecular complexity index is 731. The summed E-state index contributed by atoms with van der Waals surface area (Å²) in [5, 5.41) is 3.46. The van der Waals surface area contributed by atoms with E-state index in [1.54, 1.807) is 0 Å². The van der Waals surface area contributed by atoms with Crippen LogP contribution in [0.15, 0.2) is 41.4 Å². The van der Waals surface area contributed by atoms with Gasteiger partial charge in [0.25, 0.3) is 0 Å². The molecule has 3 nitrogen and oxygen atoms in total. The lowest BCUT2D eigenvalue weighted by Crippen LogP contribution is -2.41. The van der Waals surface area contributed by atoms with Gasteiger partial charge in [0.2, 0.25) is 5.96 Å². The largest absolute Gasteiger partial charge is 0.334 e. The van der Waals surface area contributed by atoms with Gasteiger partial charge in [0.05, 0.1) is 5.69 Å². The Morgan fingerprint density at radius 2 is 1.65 bits per heavy atom. The maximum absolute atomic E-state index is 4.76. The maximum atomic E-state index is 4.76. The molecule has 3 heteroatoms. The van der Waals surface area contributed by atoms with E-state index in [-0.39, 0.29) is 0 Å². The predicted octanol–water partition coefficient (Wildman–Crippen LogP) is 3.73. The third-order valence-electron chi connectivity index (χ3n) is 3.99. The molecule has 0 radical (unpaired) electrons. The van der Waals surface area contributed by atoms with Crippen molar-refractivity contribution < 1.29 is 0 Å². The molecular formula is C17H17N3. The Morgan fingerprint density at radius 1 is 0.950 bits per heavy atom. The zero-order valence-corrected chi connectivity index (χ0v) is 11.8. The molecule has 0 amide bonds. The van der Waals surface area contributed by atoms with Gasteiger partial charge in [0.1, 0.15) is 0 Å². The van der Waals surface area contributed by atoms with E-state index in [1.807, 2.05) is 0 Å². The monoisotopic (exact) mass is 263 g/mol. The highest BCUT2D eigenvalue weighted by atomic mass is 15.3. The minimum atomic E-state index is 0.927. The quantitative estimate of drug-likeness (QED) is 0.784.